The fourth-order valence-corrected chi connectivity index (χ4v) is 3.45. The van der Waals surface area contributed by atoms with E-state index < -0.39 is 8.50 Å². The molecule has 2 aliphatic rings. The number of alkyl halides is 4. The largest absolute Gasteiger partial charge is 1.00 e. The molecule has 0 aromatic heterocycles. The van der Waals surface area contributed by atoms with Gasteiger partial charge >= 0.3 is 29.6 Å². The number of carbonyl (C=O) groups excluding carboxylic acids is 2. The van der Waals surface area contributed by atoms with Crippen molar-refractivity contribution in [3.05, 3.63) is 12.2 Å². The monoisotopic (exact) mass is 371 g/mol. The van der Waals surface area contributed by atoms with Crippen molar-refractivity contribution in [1.82, 2.24) is 4.31 Å². The molecule has 1 saturated heterocycles. The molecule has 1 aliphatic heterocycles. The molecule has 0 spiro atoms. The summed E-state index contributed by atoms with van der Waals surface area (Å²) in [5.74, 6) is -1.19. The van der Waals surface area contributed by atoms with Crippen LogP contribution in [0.15, 0.2) is 12.2 Å². The number of halogens is 4. The van der Waals surface area contributed by atoms with Gasteiger partial charge in [0.25, 0.3) is 0 Å². The first-order valence-corrected chi connectivity index (χ1v) is 7.62. The summed E-state index contributed by atoms with van der Waals surface area (Å²) in [6, 6.07) is 0. The Morgan fingerprint density at radius 2 is 1.63 bits per heavy atom. The summed E-state index contributed by atoms with van der Waals surface area (Å²) < 4.78 is -0.630. The van der Waals surface area contributed by atoms with Gasteiger partial charge in [0.05, 0.1) is 11.8 Å². The number of allylic oxidation sites excluding steroid dienone is 2. The molecule has 2 amide bonds. The molecule has 9 heteroatoms. The summed E-state index contributed by atoms with van der Waals surface area (Å²) in [4.78, 5) is 23.1. The van der Waals surface area contributed by atoms with Gasteiger partial charge in [0.15, 0.2) is 4.84 Å². The van der Waals surface area contributed by atoms with Crippen molar-refractivity contribution in [3.63, 3.8) is 0 Å². The predicted molar refractivity (Wildman–Crippen MR) is 75.8 cm³/mol. The summed E-state index contributed by atoms with van der Waals surface area (Å²) in [5.41, 5.74) is 0. The van der Waals surface area contributed by atoms with Gasteiger partial charge in [0.1, 0.15) is 0 Å². The summed E-state index contributed by atoms with van der Waals surface area (Å²) in [6.07, 6.45) is 4.94. The number of hydrogen-bond donors (Lipinski definition) is 0. The van der Waals surface area contributed by atoms with Crippen molar-refractivity contribution in [2.75, 3.05) is 0 Å². The van der Waals surface area contributed by atoms with E-state index in [-0.39, 0.29) is 54.6 Å². The van der Waals surface area contributed by atoms with Crippen LogP contribution in [-0.2, 0) is 9.59 Å². The molecule has 2 unspecified atom stereocenters. The van der Waals surface area contributed by atoms with E-state index >= 15 is 0 Å². The molecular formula is C10H10Cl4NNaO2S. The number of rotatable bonds is 3. The Labute approximate surface area is 159 Å². The van der Waals surface area contributed by atoms with E-state index in [1.165, 1.54) is 0 Å². The Kier molecular flexibility index (Phi) is 6.89. The maximum Gasteiger partial charge on any atom is 1.00 e. The fraction of sp³-hybridized carbons (Fsp3) is 0.600. The Balaban J connectivity index is 0.00000180. The van der Waals surface area contributed by atoms with E-state index in [1.807, 2.05) is 12.2 Å². The second-order valence-electron chi connectivity index (χ2n) is 4.08. The minimum atomic E-state index is -1.63. The molecular weight excluding hydrogens is 363 g/mol. The first-order chi connectivity index (χ1) is 8.34. The van der Waals surface area contributed by atoms with Crippen LogP contribution in [0.25, 0.3) is 0 Å². The summed E-state index contributed by atoms with van der Waals surface area (Å²) in [6.45, 7) is 0. The smallest absolute Gasteiger partial charge is 1.00 e. The SMILES string of the molecule is O=C1C2CC=CCC2C(=O)N1SC(Cl)(Cl)C(Cl)Cl.[H-].[Na+]. The van der Waals surface area contributed by atoms with E-state index in [4.69, 9.17) is 46.4 Å². The predicted octanol–water partition coefficient (Wildman–Crippen LogP) is 0.637. The van der Waals surface area contributed by atoms with Crippen LogP contribution in [0.2, 0.25) is 0 Å². The standard InChI is InChI=1S/C10H9Cl4NO2S.Na.H/c11-9(12)10(13,14)18-15-7(16)5-3-1-2-4-6(5)8(15)17;;/h1-2,5-6,9H,3-4H2;;/q;+1;-1. The molecule has 2 rings (SSSR count). The van der Waals surface area contributed by atoms with Gasteiger partial charge in [0, 0.05) is 11.9 Å². The molecule has 3 nitrogen and oxygen atoms in total. The van der Waals surface area contributed by atoms with Crippen LogP contribution in [0.5, 0.6) is 0 Å². The maximum absolute atomic E-state index is 12.1. The Morgan fingerprint density at radius 1 is 1.21 bits per heavy atom. The molecule has 0 bridgehead atoms. The van der Waals surface area contributed by atoms with Crippen molar-refractivity contribution < 1.29 is 40.6 Å². The van der Waals surface area contributed by atoms with E-state index in [0.717, 1.165) is 4.31 Å². The quantitative estimate of drug-likeness (QED) is 0.240. The van der Waals surface area contributed by atoms with E-state index in [1.54, 1.807) is 0 Å². The topological polar surface area (TPSA) is 37.4 Å². The average Bonchev–Trinajstić information content (AvgIpc) is 2.55. The molecule has 0 radical (unpaired) electrons. The van der Waals surface area contributed by atoms with Crippen molar-refractivity contribution in [2.24, 2.45) is 11.8 Å². The zero-order valence-electron chi connectivity index (χ0n) is 11.0. The van der Waals surface area contributed by atoms with Crippen LogP contribution >= 0.6 is 58.4 Å². The average molecular weight is 373 g/mol. The minimum absolute atomic E-state index is 0. The zero-order valence-corrected chi connectivity index (χ0v) is 15.8. The van der Waals surface area contributed by atoms with Crippen molar-refractivity contribution >= 4 is 70.2 Å². The Hall–Kier alpha value is 1.39. The van der Waals surface area contributed by atoms with Gasteiger partial charge in [-0.05, 0) is 12.8 Å². The van der Waals surface area contributed by atoms with E-state index in [2.05, 4.69) is 0 Å². The van der Waals surface area contributed by atoms with Crippen LogP contribution in [0.3, 0.4) is 0 Å². The second-order valence-corrected chi connectivity index (χ2v) is 8.20. The molecule has 0 saturated carbocycles. The molecule has 1 fully saturated rings. The van der Waals surface area contributed by atoms with Gasteiger partial charge < -0.3 is 1.43 Å². The number of imide groups is 1. The summed E-state index contributed by atoms with van der Waals surface area (Å²) in [5, 5.41) is 0. The van der Waals surface area contributed by atoms with E-state index in [9.17, 15) is 9.59 Å². The van der Waals surface area contributed by atoms with Crippen LogP contribution in [0.1, 0.15) is 14.3 Å². The van der Waals surface area contributed by atoms with Gasteiger partial charge in [-0.3, -0.25) is 9.59 Å². The van der Waals surface area contributed by atoms with Crippen LogP contribution < -0.4 is 29.6 Å². The molecule has 0 aromatic carbocycles. The zero-order chi connectivity index (χ0) is 13.5. The molecule has 0 N–H and O–H groups in total. The Morgan fingerprint density at radius 3 is 2.00 bits per heavy atom. The van der Waals surface area contributed by atoms with Crippen LogP contribution in [0, 0.1) is 11.8 Å². The Bertz CT molecular complexity index is 398. The molecule has 102 valence electrons. The molecule has 0 aromatic rings. The van der Waals surface area contributed by atoms with Crippen molar-refractivity contribution in [1.29, 1.82) is 0 Å². The third-order valence-corrected chi connectivity index (χ3v) is 6.17. The molecule has 2 atom stereocenters. The van der Waals surface area contributed by atoms with Crippen molar-refractivity contribution in [2.45, 2.75) is 21.3 Å². The third kappa shape index (κ3) is 3.78. The van der Waals surface area contributed by atoms with Gasteiger partial charge in [-0.2, -0.15) is 0 Å². The van der Waals surface area contributed by atoms with Gasteiger partial charge in [-0.15, -0.1) is 23.2 Å². The maximum atomic E-state index is 12.1. The fourth-order valence-electron chi connectivity index (χ4n) is 2.02. The van der Waals surface area contributed by atoms with Crippen LogP contribution in [-0.4, -0.2) is 24.6 Å². The number of amides is 2. The number of nitrogens with zero attached hydrogens (tertiary/aromatic N) is 1. The van der Waals surface area contributed by atoms with Gasteiger partial charge in [-0.1, -0.05) is 35.4 Å². The van der Waals surface area contributed by atoms with E-state index in [0.29, 0.717) is 24.8 Å². The molecule has 1 heterocycles. The molecule has 1 aliphatic carbocycles. The first kappa shape index (κ1) is 18.4. The van der Waals surface area contributed by atoms with Crippen molar-refractivity contribution in [3.8, 4) is 0 Å². The summed E-state index contributed by atoms with van der Waals surface area (Å²) >= 11 is 23.7. The number of carbonyl (C=O) groups is 2. The first-order valence-electron chi connectivity index (χ1n) is 5.22. The van der Waals surface area contributed by atoms with Gasteiger partial charge in [0.2, 0.25) is 15.5 Å². The number of hydrogen-bond acceptors (Lipinski definition) is 3. The third-order valence-electron chi connectivity index (χ3n) is 2.93. The van der Waals surface area contributed by atoms with Crippen LogP contribution in [0.4, 0.5) is 0 Å². The summed E-state index contributed by atoms with van der Waals surface area (Å²) in [7, 11) is 0. The number of fused-ring (bicyclic) bond motifs is 1. The second kappa shape index (κ2) is 7.10. The normalized spacial score (nSPS) is 26.7. The molecule has 19 heavy (non-hydrogen) atoms. The minimum Gasteiger partial charge on any atom is -1.00 e. The van der Waals surface area contributed by atoms with Gasteiger partial charge in [-0.25, -0.2) is 4.31 Å².